The van der Waals surface area contributed by atoms with Crippen LogP contribution in [0.1, 0.15) is 15.2 Å². The minimum absolute atomic E-state index is 0.193. The molecule has 0 bridgehead atoms. The summed E-state index contributed by atoms with van der Waals surface area (Å²) in [5, 5.41) is 12.7. The fourth-order valence-electron chi connectivity index (χ4n) is 1.96. The number of ether oxygens (including phenoxy) is 1. The topological polar surface area (TPSA) is 97.5 Å². The van der Waals surface area contributed by atoms with Crippen LogP contribution in [0.25, 0.3) is 10.2 Å². The number of amides is 1. The summed E-state index contributed by atoms with van der Waals surface area (Å²) in [5.41, 5.74) is 7.46. The van der Waals surface area contributed by atoms with E-state index in [2.05, 4.69) is 10.3 Å². The first-order chi connectivity index (χ1) is 9.58. The molecule has 6 nitrogen and oxygen atoms in total. The lowest BCUT2D eigenvalue weighted by Gasteiger charge is -2.14. The van der Waals surface area contributed by atoms with Crippen molar-refractivity contribution >= 4 is 33.1 Å². The summed E-state index contributed by atoms with van der Waals surface area (Å²) in [6.07, 6.45) is 1.69. The zero-order valence-electron chi connectivity index (χ0n) is 11.3. The number of aryl methyl sites for hydroxylation is 1. The predicted octanol–water partition coefficient (Wildman–Crippen LogP) is 0.924. The maximum absolute atomic E-state index is 12.2. The van der Waals surface area contributed by atoms with E-state index in [1.807, 2.05) is 13.0 Å². The van der Waals surface area contributed by atoms with Gasteiger partial charge in [0.1, 0.15) is 9.71 Å². The number of aliphatic hydroxyl groups is 1. The van der Waals surface area contributed by atoms with Crippen molar-refractivity contribution in [1.29, 1.82) is 0 Å². The number of nitrogens with one attached hydrogen (secondary N) is 1. The molecule has 2 aromatic heterocycles. The Morgan fingerprint density at radius 1 is 1.65 bits per heavy atom. The highest BCUT2D eigenvalue weighted by molar-refractivity contribution is 7.21. The van der Waals surface area contributed by atoms with Crippen LogP contribution in [-0.2, 0) is 4.74 Å². The largest absolute Gasteiger partial charge is 0.397 e. The lowest BCUT2D eigenvalue weighted by molar-refractivity contribution is 0.0844. The first-order valence-electron chi connectivity index (χ1n) is 6.12. The molecule has 7 heteroatoms. The molecule has 0 aliphatic carbocycles. The van der Waals surface area contributed by atoms with Crippen LogP contribution in [0.4, 0.5) is 5.69 Å². The van der Waals surface area contributed by atoms with Gasteiger partial charge >= 0.3 is 0 Å². The Bertz CT molecular complexity index is 627. The number of fused-ring (bicyclic) bond motifs is 1. The van der Waals surface area contributed by atoms with E-state index < -0.39 is 6.04 Å². The van der Waals surface area contributed by atoms with E-state index in [9.17, 15) is 9.90 Å². The van der Waals surface area contributed by atoms with Crippen molar-refractivity contribution in [2.75, 3.05) is 26.1 Å². The Labute approximate surface area is 120 Å². The minimum atomic E-state index is -0.453. The van der Waals surface area contributed by atoms with Gasteiger partial charge in [0, 0.05) is 18.7 Å². The SMILES string of the molecule is COCC(CO)NC(=O)c1sc2nccc(C)c2c1N. The second-order valence-corrected chi connectivity index (χ2v) is 5.46. The van der Waals surface area contributed by atoms with Gasteiger partial charge in [-0.15, -0.1) is 11.3 Å². The number of rotatable bonds is 5. The first-order valence-corrected chi connectivity index (χ1v) is 6.94. The van der Waals surface area contributed by atoms with E-state index in [0.29, 0.717) is 10.6 Å². The third kappa shape index (κ3) is 2.74. The van der Waals surface area contributed by atoms with Gasteiger partial charge in [-0.1, -0.05) is 0 Å². The molecule has 2 rings (SSSR count). The van der Waals surface area contributed by atoms with Crippen LogP contribution in [0.2, 0.25) is 0 Å². The highest BCUT2D eigenvalue weighted by atomic mass is 32.1. The molecule has 1 atom stereocenters. The number of aliphatic hydroxyl groups excluding tert-OH is 1. The molecule has 4 N–H and O–H groups in total. The van der Waals surface area contributed by atoms with Gasteiger partial charge in [0.2, 0.25) is 0 Å². The Balaban J connectivity index is 2.31. The zero-order valence-corrected chi connectivity index (χ0v) is 12.2. The summed E-state index contributed by atoms with van der Waals surface area (Å²) >= 11 is 1.25. The number of nitrogens with two attached hydrogens (primary N) is 1. The molecular formula is C13H17N3O3S. The number of nitrogens with zero attached hydrogens (tertiary/aromatic N) is 1. The second kappa shape index (κ2) is 6.17. The van der Waals surface area contributed by atoms with Crippen LogP contribution in [0, 0.1) is 6.92 Å². The summed E-state index contributed by atoms with van der Waals surface area (Å²) in [6.45, 7) is 1.97. The van der Waals surface area contributed by atoms with Crippen molar-refractivity contribution in [3.63, 3.8) is 0 Å². The molecule has 0 saturated heterocycles. The fraction of sp³-hybridized carbons (Fsp3) is 0.385. The number of pyridine rings is 1. The molecule has 2 heterocycles. The first kappa shape index (κ1) is 14.7. The van der Waals surface area contributed by atoms with Crippen LogP contribution in [0.3, 0.4) is 0 Å². The lowest BCUT2D eigenvalue weighted by atomic mass is 10.1. The van der Waals surface area contributed by atoms with Crippen LogP contribution in [0.5, 0.6) is 0 Å². The average molecular weight is 295 g/mol. The Kier molecular flexibility index (Phi) is 4.53. The number of thiophene rings is 1. The number of hydrogen-bond acceptors (Lipinski definition) is 6. The zero-order chi connectivity index (χ0) is 14.7. The Morgan fingerprint density at radius 2 is 2.40 bits per heavy atom. The molecule has 0 fully saturated rings. The molecule has 0 radical (unpaired) electrons. The number of aromatic nitrogens is 1. The van der Waals surface area contributed by atoms with Crippen molar-refractivity contribution in [3.8, 4) is 0 Å². The third-order valence-electron chi connectivity index (χ3n) is 2.97. The fourth-order valence-corrected chi connectivity index (χ4v) is 3.01. The van der Waals surface area contributed by atoms with Gasteiger partial charge < -0.3 is 20.9 Å². The molecular weight excluding hydrogens is 278 g/mol. The average Bonchev–Trinajstić information content (AvgIpc) is 2.77. The van der Waals surface area contributed by atoms with Gasteiger partial charge in [-0.3, -0.25) is 4.79 Å². The van der Waals surface area contributed by atoms with Gasteiger partial charge in [-0.05, 0) is 18.6 Å². The van der Waals surface area contributed by atoms with E-state index in [4.69, 9.17) is 10.5 Å². The van der Waals surface area contributed by atoms with E-state index in [1.54, 1.807) is 6.20 Å². The van der Waals surface area contributed by atoms with Crippen molar-refractivity contribution in [1.82, 2.24) is 10.3 Å². The smallest absolute Gasteiger partial charge is 0.263 e. The van der Waals surface area contributed by atoms with Crippen molar-refractivity contribution in [2.24, 2.45) is 0 Å². The molecule has 0 aliphatic rings. The number of methoxy groups -OCH3 is 1. The highest BCUT2D eigenvalue weighted by Crippen LogP contribution is 2.34. The monoisotopic (exact) mass is 295 g/mol. The molecule has 108 valence electrons. The molecule has 0 aliphatic heterocycles. The summed E-state index contributed by atoms with van der Waals surface area (Å²) in [5.74, 6) is -0.319. The van der Waals surface area contributed by atoms with Gasteiger partial charge in [-0.2, -0.15) is 0 Å². The van der Waals surface area contributed by atoms with Crippen LogP contribution in [-0.4, -0.2) is 42.4 Å². The maximum Gasteiger partial charge on any atom is 0.263 e. The molecule has 1 amide bonds. The van der Waals surface area contributed by atoms with Gasteiger partial charge in [0.05, 0.1) is 24.9 Å². The van der Waals surface area contributed by atoms with E-state index >= 15 is 0 Å². The molecule has 20 heavy (non-hydrogen) atoms. The maximum atomic E-state index is 12.2. The minimum Gasteiger partial charge on any atom is -0.397 e. The van der Waals surface area contributed by atoms with Gasteiger partial charge in [-0.25, -0.2) is 4.98 Å². The number of carbonyl (C=O) groups is 1. The van der Waals surface area contributed by atoms with Gasteiger partial charge in [0.15, 0.2) is 0 Å². The lowest BCUT2D eigenvalue weighted by Crippen LogP contribution is -2.40. The molecule has 0 spiro atoms. The highest BCUT2D eigenvalue weighted by Gasteiger charge is 2.20. The molecule has 1 unspecified atom stereocenters. The third-order valence-corrected chi connectivity index (χ3v) is 4.08. The summed E-state index contributed by atoms with van der Waals surface area (Å²) in [7, 11) is 1.51. The van der Waals surface area contributed by atoms with Crippen molar-refractivity contribution < 1.29 is 14.6 Å². The number of anilines is 1. The van der Waals surface area contributed by atoms with E-state index in [1.165, 1.54) is 18.4 Å². The number of hydrogen-bond donors (Lipinski definition) is 3. The molecule has 2 aromatic rings. The summed E-state index contributed by atoms with van der Waals surface area (Å²) < 4.78 is 4.92. The van der Waals surface area contributed by atoms with E-state index in [0.717, 1.165) is 15.8 Å². The second-order valence-electron chi connectivity index (χ2n) is 4.46. The van der Waals surface area contributed by atoms with Crippen LogP contribution >= 0.6 is 11.3 Å². The van der Waals surface area contributed by atoms with Crippen molar-refractivity contribution in [3.05, 3.63) is 22.7 Å². The summed E-state index contributed by atoms with van der Waals surface area (Å²) in [6, 6.07) is 1.40. The van der Waals surface area contributed by atoms with Gasteiger partial charge in [0.25, 0.3) is 5.91 Å². The standard InChI is InChI=1S/C13H17N3O3S/c1-7-3-4-15-13-9(7)10(14)11(20-13)12(18)16-8(5-17)6-19-2/h3-4,8,17H,5-6,14H2,1-2H3,(H,16,18). The Hall–Kier alpha value is -1.70. The molecule has 0 saturated carbocycles. The normalized spacial score (nSPS) is 12.6. The predicted molar refractivity (Wildman–Crippen MR) is 79.0 cm³/mol. The summed E-state index contributed by atoms with van der Waals surface area (Å²) in [4.78, 5) is 17.6. The van der Waals surface area contributed by atoms with E-state index in [-0.39, 0.29) is 19.1 Å². The van der Waals surface area contributed by atoms with Crippen molar-refractivity contribution in [2.45, 2.75) is 13.0 Å². The molecule has 0 aromatic carbocycles. The Morgan fingerprint density at radius 3 is 3.00 bits per heavy atom. The van der Waals surface area contributed by atoms with Crippen LogP contribution < -0.4 is 11.1 Å². The number of carbonyl (C=O) groups excluding carboxylic acids is 1. The quantitative estimate of drug-likeness (QED) is 0.762. The number of nitrogen functional groups attached to an aromatic ring is 1. The van der Waals surface area contributed by atoms with Crippen LogP contribution in [0.15, 0.2) is 12.3 Å².